The van der Waals surface area contributed by atoms with Crippen LogP contribution >= 0.6 is 0 Å². The summed E-state index contributed by atoms with van der Waals surface area (Å²) < 4.78 is 0. The van der Waals surface area contributed by atoms with Crippen LogP contribution in [0.4, 0.5) is 0 Å². The van der Waals surface area contributed by atoms with Gasteiger partial charge in [-0.1, -0.05) is 24.3 Å². The van der Waals surface area contributed by atoms with Gasteiger partial charge in [0.05, 0.1) is 5.91 Å². The SMILES string of the molecule is CNC(=O)c1ccc(O)cc1.[NH-]C(=O)C1=Cc2ccccc2C1.[Y]. The zero-order valence-electron chi connectivity index (χ0n) is 13.2. The zero-order chi connectivity index (χ0) is 16.8. The van der Waals surface area contributed by atoms with Crippen LogP contribution in [-0.2, 0) is 43.9 Å². The van der Waals surface area contributed by atoms with E-state index < -0.39 is 5.91 Å². The Kier molecular flexibility index (Phi) is 7.82. The number of benzene rings is 2. The summed E-state index contributed by atoms with van der Waals surface area (Å²) in [6.45, 7) is 0. The van der Waals surface area contributed by atoms with Crippen molar-refractivity contribution in [3.8, 4) is 5.75 Å². The van der Waals surface area contributed by atoms with Gasteiger partial charge >= 0.3 is 0 Å². The number of amides is 2. The number of nitrogens with one attached hydrogen (secondary N) is 2. The largest absolute Gasteiger partial charge is 0.664 e. The quantitative estimate of drug-likeness (QED) is 0.815. The van der Waals surface area contributed by atoms with Crippen LogP contribution in [0, 0.1) is 0 Å². The Labute approximate surface area is 165 Å². The molecule has 1 aliphatic rings. The first-order valence-corrected chi connectivity index (χ1v) is 7.07. The van der Waals surface area contributed by atoms with Gasteiger partial charge in [0.25, 0.3) is 5.91 Å². The van der Waals surface area contributed by atoms with Crippen LogP contribution in [0.3, 0.4) is 0 Å². The van der Waals surface area contributed by atoms with Crippen LogP contribution in [0.25, 0.3) is 11.8 Å². The number of phenolic OH excluding ortho intramolecular Hbond substituents is 1. The average molecular weight is 398 g/mol. The van der Waals surface area contributed by atoms with Crippen molar-refractivity contribution >= 4 is 17.9 Å². The molecule has 0 bridgehead atoms. The molecule has 24 heavy (non-hydrogen) atoms. The summed E-state index contributed by atoms with van der Waals surface area (Å²) in [4.78, 5) is 21.6. The van der Waals surface area contributed by atoms with Gasteiger partial charge < -0.3 is 21.0 Å². The first-order chi connectivity index (χ1) is 11.0. The van der Waals surface area contributed by atoms with E-state index >= 15 is 0 Å². The van der Waals surface area contributed by atoms with E-state index in [1.807, 2.05) is 24.3 Å². The molecule has 5 nitrogen and oxygen atoms in total. The van der Waals surface area contributed by atoms with E-state index in [4.69, 9.17) is 10.8 Å². The minimum absolute atomic E-state index is 0. The van der Waals surface area contributed by atoms with Crippen molar-refractivity contribution in [2.45, 2.75) is 6.42 Å². The average Bonchev–Trinajstić information content (AvgIpc) is 3.00. The summed E-state index contributed by atoms with van der Waals surface area (Å²) in [5, 5.41) is 11.4. The summed E-state index contributed by atoms with van der Waals surface area (Å²) in [7, 11) is 1.56. The maximum Gasteiger partial charge on any atom is 0.251 e. The first kappa shape index (κ1) is 20.1. The fourth-order valence-electron chi connectivity index (χ4n) is 2.18. The number of fused-ring (bicyclic) bond motifs is 1. The van der Waals surface area contributed by atoms with E-state index in [1.165, 1.54) is 12.1 Å². The second kappa shape index (κ2) is 9.35. The van der Waals surface area contributed by atoms with Crippen LogP contribution in [0.5, 0.6) is 5.75 Å². The van der Waals surface area contributed by atoms with Gasteiger partial charge in [-0.2, -0.15) is 0 Å². The van der Waals surface area contributed by atoms with Gasteiger partial charge in [0.2, 0.25) is 0 Å². The number of carbonyl (C=O) groups is 2. The maximum absolute atomic E-state index is 10.9. The Bertz CT molecular complexity index is 755. The van der Waals surface area contributed by atoms with Gasteiger partial charge in [0.15, 0.2) is 0 Å². The Hall–Kier alpha value is -1.98. The molecular formula is C18H17N2O3Y-. The predicted molar refractivity (Wildman–Crippen MR) is 88.9 cm³/mol. The molecule has 1 radical (unpaired) electrons. The summed E-state index contributed by atoms with van der Waals surface area (Å²) in [5.74, 6) is -0.547. The Morgan fingerprint density at radius 2 is 1.71 bits per heavy atom. The van der Waals surface area contributed by atoms with E-state index in [-0.39, 0.29) is 44.4 Å². The third kappa shape index (κ3) is 5.29. The molecule has 121 valence electrons. The predicted octanol–water partition coefficient (Wildman–Crippen LogP) is 2.95. The molecule has 3 N–H and O–H groups in total. The van der Waals surface area contributed by atoms with Gasteiger partial charge in [-0.05, 0) is 53.5 Å². The molecular weight excluding hydrogens is 381 g/mol. The minimum atomic E-state index is -0.564. The van der Waals surface area contributed by atoms with Gasteiger partial charge in [-0.3, -0.25) is 4.79 Å². The van der Waals surface area contributed by atoms with E-state index in [0.29, 0.717) is 17.6 Å². The molecule has 0 spiro atoms. The summed E-state index contributed by atoms with van der Waals surface area (Å²) in [6, 6.07) is 13.9. The van der Waals surface area contributed by atoms with Crippen molar-refractivity contribution in [2.75, 3.05) is 7.05 Å². The smallest absolute Gasteiger partial charge is 0.251 e. The Morgan fingerprint density at radius 1 is 1.08 bits per heavy atom. The molecule has 6 heteroatoms. The van der Waals surface area contributed by atoms with Crippen molar-refractivity contribution in [3.63, 3.8) is 0 Å². The Balaban J connectivity index is 0.000000232. The third-order valence-corrected chi connectivity index (χ3v) is 3.41. The number of phenols is 1. The monoisotopic (exact) mass is 398 g/mol. The molecule has 1 aliphatic carbocycles. The summed E-state index contributed by atoms with van der Waals surface area (Å²) in [5.41, 5.74) is 10.3. The third-order valence-electron chi connectivity index (χ3n) is 3.41. The van der Waals surface area contributed by atoms with Crippen LogP contribution in [0.2, 0.25) is 0 Å². The van der Waals surface area contributed by atoms with Crippen LogP contribution < -0.4 is 5.32 Å². The minimum Gasteiger partial charge on any atom is -0.664 e. The summed E-state index contributed by atoms with van der Waals surface area (Å²) in [6.07, 6.45) is 2.42. The molecule has 3 rings (SSSR count). The second-order valence-electron chi connectivity index (χ2n) is 5.00. The standard InChI is InChI=1S/C10H9NO.C8H9NO2.Y/c11-10(12)9-5-7-3-1-2-4-8(7)6-9;1-9-8(11)6-2-4-7(10)5-3-6;/h1-5H,6H2,(H2,11,12);2-5,10H,1H3,(H,9,11);/p-1. The second-order valence-corrected chi connectivity index (χ2v) is 5.00. The molecule has 0 unspecified atom stereocenters. The van der Waals surface area contributed by atoms with E-state index in [9.17, 15) is 9.59 Å². The number of aromatic hydroxyl groups is 1. The van der Waals surface area contributed by atoms with Crippen molar-refractivity contribution in [3.05, 3.63) is 76.5 Å². The van der Waals surface area contributed by atoms with Gasteiger partial charge in [-0.25, -0.2) is 0 Å². The topological polar surface area (TPSA) is 90.2 Å². The molecule has 2 amide bonds. The Morgan fingerprint density at radius 3 is 2.25 bits per heavy atom. The molecule has 0 heterocycles. The van der Waals surface area contributed by atoms with Crippen LogP contribution in [0.1, 0.15) is 21.5 Å². The molecule has 0 aromatic heterocycles. The molecule has 0 atom stereocenters. The molecule has 0 saturated carbocycles. The first-order valence-electron chi connectivity index (χ1n) is 7.07. The number of carbonyl (C=O) groups excluding carboxylic acids is 2. The van der Waals surface area contributed by atoms with Gasteiger partial charge in [0, 0.05) is 45.3 Å². The van der Waals surface area contributed by atoms with Crippen molar-refractivity contribution in [1.29, 1.82) is 0 Å². The van der Waals surface area contributed by atoms with E-state index in [0.717, 1.165) is 11.1 Å². The van der Waals surface area contributed by atoms with Crippen LogP contribution in [0.15, 0.2) is 54.1 Å². The van der Waals surface area contributed by atoms with E-state index in [2.05, 4.69) is 5.32 Å². The zero-order valence-corrected chi connectivity index (χ0v) is 16.1. The van der Waals surface area contributed by atoms with Crippen molar-refractivity contribution in [2.24, 2.45) is 0 Å². The van der Waals surface area contributed by atoms with Gasteiger partial charge in [0.1, 0.15) is 5.75 Å². The van der Waals surface area contributed by atoms with Crippen molar-refractivity contribution in [1.82, 2.24) is 5.32 Å². The fraction of sp³-hybridized carbons (Fsp3) is 0.111. The molecule has 0 fully saturated rings. The fourth-order valence-corrected chi connectivity index (χ4v) is 2.18. The molecule has 2 aromatic rings. The number of rotatable bonds is 2. The number of hydrogen-bond donors (Lipinski definition) is 2. The normalized spacial score (nSPS) is 11.1. The molecule has 0 saturated heterocycles. The molecule has 0 aliphatic heterocycles. The van der Waals surface area contributed by atoms with Crippen molar-refractivity contribution < 1.29 is 47.4 Å². The number of hydrogen-bond acceptors (Lipinski definition) is 3. The maximum atomic E-state index is 10.9. The summed E-state index contributed by atoms with van der Waals surface area (Å²) >= 11 is 0. The van der Waals surface area contributed by atoms with E-state index in [1.54, 1.807) is 25.3 Å². The molecule has 2 aromatic carbocycles. The van der Waals surface area contributed by atoms with Gasteiger partial charge in [-0.15, -0.1) is 0 Å². The van der Waals surface area contributed by atoms with Crippen LogP contribution in [-0.4, -0.2) is 24.0 Å².